The van der Waals surface area contributed by atoms with Gasteiger partial charge in [0.05, 0.1) is 22.3 Å². The van der Waals surface area contributed by atoms with Crippen molar-refractivity contribution in [1.82, 2.24) is 14.9 Å². The van der Waals surface area contributed by atoms with Crippen LogP contribution in [0.5, 0.6) is 0 Å². The summed E-state index contributed by atoms with van der Waals surface area (Å²) in [6.45, 7) is 0. The highest BCUT2D eigenvalue weighted by molar-refractivity contribution is 8.00. The number of halogens is 1. The number of thiophene rings is 1. The molecular formula is C17H13FN4O2S2. The Labute approximate surface area is 156 Å². The van der Waals surface area contributed by atoms with Crippen LogP contribution in [-0.2, 0) is 11.2 Å². The van der Waals surface area contributed by atoms with Crippen LogP contribution in [0.15, 0.2) is 52.0 Å². The average Bonchev–Trinajstić information content (AvgIpc) is 3.26. The van der Waals surface area contributed by atoms with Gasteiger partial charge in [-0.25, -0.2) is 4.39 Å². The third-order valence-electron chi connectivity index (χ3n) is 3.85. The van der Waals surface area contributed by atoms with Gasteiger partial charge >= 0.3 is 5.97 Å². The first-order chi connectivity index (χ1) is 12.6. The molecule has 0 spiro atoms. The number of aliphatic carboxylic acids is 1. The van der Waals surface area contributed by atoms with E-state index in [1.807, 2.05) is 17.5 Å². The number of carboxylic acids is 1. The smallest absolute Gasteiger partial charge is 0.304 e. The SMILES string of the molecule is O=C(O)C[C@@H]1Sc2nnc(Cc3ccc(F)cc3)n2N=C1c1cccs1. The van der Waals surface area contributed by atoms with E-state index in [2.05, 4.69) is 15.3 Å². The van der Waals surface area contributed by atoms with E-state index < -0.39 is 5.97 Å². The number of nitrogens with zero attached hydrogens (tertiary/aromatic N) is 4. The first-order valence-corrected chi connectivity index (χ1v) is 9.56. The summed E-state index contributed by atoms with van der Waals surface area (Å²) in [5.74, 6) is -0.546. The average molecular weight is 388 g/mol. The van der Waals surface area contributed by atoms with Crippen LogP contribution in [0.25, 0.3) is 0 Å². The quantitative estimate of drug-likeness (QED) is 0.726. The van der Waals surface area contributed by atoms with E-state index in [1.165, 1.54) is 35.2 Å². The van der Waals surface area contributed by atoms with Gasteiger partial charge < -0.3 is 5.11 Å². The second kappa shape index (κ2) is 7.00. The van der Waals surface area contributed by atoms with Gasteiger partial charge in [-0.2, -0.15) is 9.78 Å². The molecule has 3 heterocycles. The van der Waals surface area contributed by atoms with Crippen LogP contribution in [0.2, 0.25) is 0 Å². The largest absolute Gasteiger partial charge is 0.481 e. The van der Waals surface area contributed by atoms with Crippen molar-refractivity contribution in [3.8, 4) is 0 Å². The summed E-state index contributed by atoms with van der Waals surface area (Å²) in [5, 5.41) is 24.4. The van der Waals surface area contributed by atoms with E-state index in [1.54, 1.807) is 16.8 Å². The van der Waals surface area contributed by atoms with E-state index in [0.717, 1.165) is 10.4 Å². The molecule has 1 aromatic carbocycles. The highest BCUT2D eigenvalue weighted by Crippen LogP contribution is 2.33. The van der Waals surface area contributed by atoms with Crippen molar-refractivity contribution in [2.75, 3.05) is 0 Å². The molecule has 0 unspecified atom stereocenters. The number of aromatic nitrogens is 3. The normalized spacial score (nSPS) is 16.2. The van der Waals surface area contributed by atoms with E-state index >= 15 is 0 Å². The Bertz CT molecular complexity index is 967. The summed E-state index contributed by atoms with van der Waals surface area (Å²) in [7, 11) is 0. The molecule has 0 saturated carbocycles. The molecule has 4 rings (SSSR count). The molecule has 1 aliphatic rings. The minimum Gasteiger partial charge on any atom is -0.481 e. The van der Waals surface area contributed by atoms with Gasteiger partial charge in [-0.3, -0.25) is 4.79 Å². The molecule has 0 bridgehead atoms. The summed E-state index contributed by atoms with van der Waals surface area (Å²) < 4.78 is 14.7. The standard InChI is InChI=1S/C17H13FN4O2S2/c18-11-5-3-10(4-6-11)8-14-19-20-17-22(14)21-16(12-2-1-7-25-12)13(26-17)9-15(23)24/h1-7,13H,8-9H2,(H,23,24)/t13-/m0/s1. The van der Waals surface area contributed by atoms with Crippen molar-refractivity contribution < 1.29 is 14.3 Å². The molecule has 2 aromatic heterocycles. The predicted octanol–water partition coefficient (Wildman–Crippen LogP) is 3.27. The Morgan fingerprint density at radius 3 is 2.73 bits per heavy atom. The lowest BCUT2D eigenvalue weighted by Gasteiger charge is -2.21. The van der Waals surface area contributed by atoms with Crippen LogP contribution < -0.4 is 0 Å². The molecule has 0 aliphatic carbocycles. The van der Waals surface area contributed by atoms with E-state index in [9.17, 15) is 14.3 Å². The molecular weight excluding hydrogens is 375 g/mol. The number of fused-ring (bicyclic) bond motifs is 1. The molecule has 6 nitrogen and oxygen atoms in total. The molecule has 0 radical (unpaired) electrons. The number of hydrogen-bond acceptors (Lipinski definition) is 6. The van der Waals surface area contributed by atoms with Crippen molar-refractivity contribution >= 4 is 34.8 Å². The van der Waals surface area contributed by atoms with Crippen LogP contribution in [0.4, 0.5) is 4.39 Å². The fourth-order valence-electron chi connectivity index (χ4n) is 2.65. The highest BCUT2D eigenvalue weighted by Gasteiger charge is 2.31. The van der Waals surface area contributed by atoms with Crippen molar-refractivity contribution in [3.05, 3.63) is 63.9 Å². The molecule has 1 atom stereocenters. The van der Waals surface area contributed by atoms with Gasteiger partial charge in [0, 0.05) is 6.42 Å². The first-order valence-electron chi connectivity index (χ1n) is 7.80. The van der Waals surface area contributed by atoms with Crippen LogP contribution in [0.3, 0.4) is 0 Å². The van der Waals surface area contributed by atoms with Crippen LogP contribution in [0.1, 0.15) is 22.7 Å². The first kappa shape index (κ1) is 16.9. The predicted molar refractivity (Wildman–Crippen MR) is 97.4 cm³/mol. The lowest BCUT2D eigenvalue weighted by atomic mass is 10.1. The molecule has 3 aromatic rings. The van der Waals surface area contributed by atoms with Crippen LogP contribution in [-0.4, -0.2) is 36.9 Å². The molecule has 26 heavy (non-hydrogen) atoms. The molecule has 0 saturated heterocycles. The van der Waals surface area contributed by atoms with Gasteiger partial charge in [0.25, 0.3) is 0 Å². The minimum absolute atomic E-state index is 0.0401. The van der Waals surface area contributed by atoms with Crippen LogP contribution in [0, 0.1) is 5.82 Å². The maximum absolute atomic E-state index is 13.1. The second-order valence-corrected chi connectivity index (χ2v) is 7.80. The molecule has 1 N–H and O–H groups in total. The topological polar surface area (TPSA) is 80.4 Å². The summed E-state index contributed by atoms with van der Waals surface area (Å²) >= 11 is 2.87. The van der Waals surface area contributed by atoms with Crippen molar-refractivity contribution in [3.63, 3.8) is 0 Å². The molecule has 0 amide bonds. The number of rotatable bonds is 5. The summed E-state index contributed by atoms with van der Waals surface area (Å²) in [5.41, 5.74) is 1.60. The van der Waals surface area contributed by atoms with Gasteiger partial charge in [-0.05, 0) is 29.1 Å². The number of carboxylic acid groups (broad SMARTS) is 1. The summed E-state index contributed by atoms with van der Waals surface area (Å²) in [4.78, 5) is 12.2. The van der Waals surface area contributed by atoms with Crippen molar-refractivity contribution in [2.24, 2.45) is 5.10 Å². The third-order valence-corrected chi connectivity index (χ3v) is 5.88. The fourth-order valence-corrected chi connectivity index (χ4v) is 4.59. The maximum Gasteiger partial charge on any atom is 0.304 e. The fraction of sp³-hybridized carbons (Fsp3) is 0.176. The number of thioether (sulfide) groups is 1. The zero-order chi connectivity index (χ0) is 18.1. The number of carbonyl (C=O) groups is 1. The van der Waals surface area contributed by atoms with Gasteiger partial charge in [0.1, 0.15) is 5.82 Å². The Morgan fingerprint density at radius 2 is 2.04 bits per heavy atom. The van der Waals surface area contributed by atoms with Crippen molar-refractivity contribution in [2.45, 2.75) is 23.2 Å². The molecule has 0 fully saturated rings. The van der Waals surface area contributed by atoms with E-state index in [4.69, 9.17) is 0 Å². The number of benzene rings is 1. The Hall–Kier alpha value is -2.52. The van der Waals surface area contributed by atoms with E-state index in [0.29, 0.717) is 23.1 Å². The summed E-state index contributed by atoms with van der Waals surface area (Å²) in [6.07, 6.45) is 0.417. The third kappa shape index (κ3) is 3.40. The zero-order valence-corrected chi connectivity index (χ0v) is 15.0. The molecule has 1 aliphatic heterocycles. The molecule has 132 valence electrons. The lowest BCUT2D eigenvalue weighted by Crippen LogP contribution is -2.26. The minimum atomic E-state index is -0.883. The van der Waals surface area contributed by atoms with Crippen molar-refractivity contribution in [1.29, 1.82) is 0 Å². The Kier molecular flexibility index (Phi) is 4.56. The maximum atomic E-state index is 13.1. The molecule has 9 heteroatoms. The summed E-state index contributed by atoms with van der Waals surface area (Å²) in [6, 6.07) is 10.0. The lowest BCUT2D eigenvalue weighted by molar-refractivity contribution is -0.136. The van der Waals surface area contributed by atoms with Gasteiger partial charge in [-0.15, -0.1) is 21.5 Å². The highest BCUT2D eigenvalue weighted by atomic mass is 32.2. The van der Waals surface area contributed by atoms with Gasteiger partial charge in [0.2, 0.25) is 5.16 Å². The zero-order valence-electron chi connectivity index (χ0n) is 13.4. The monoisotopic (exact) mass is 388 g/mol. The van der Waals surface area contributed by atoms with Crippen LogP contribution >= 0.6 is 23.1 Å². The van der Waals surface area contributed by atoms with Gasteiger partial charge in [0.15, 0.2) is 5.82 Å². The van der Waals surface area contributed by atoms with E-state index in [-0.39, 0.29) is 17.5 Å². The van der Waals surface area contributed by atoms with Gasteiger partial charge in [-0.1, -0.05) is 30.0 Å². The Balaban J connectivity index is 1.70. The Morgan fingerprint density at radius 1 is 1.23 bits per heavy atom. The number of hydrogen-bond donors (Lipinski definition) is 1. The second-order valence-electron chi connectivity index (χ2n) is 5.68.